The van der Waals surface area contributed by atoms with E-state index in [1.165, 1.54) is 25.7 Å². The van der Waals surface area contributed by atoms with Crippen LogP contribution in [0.3, 0.4) is 0 Å². The van der Waals surface area contributed by atoms with Gasteiger partial charge in [-0.15, -0.1) is 0 Å². The molecule has 2 aliphatic rings. The summed E-state index contributed by atoms with van der Waals surface area (Å²) in [6, 6.07) is 3.57. The zero-order valence-electron chi connectivity index (χ0n) is 17.7. The van der Waals surface area contributed by atoms with Crippen LogP contribution < -0.4 is 15.0 Å². The van der Waals surface area contributed by atoms with E-state index in [9.17, 15) is 9.18 Å². The second-order valence-corrected chi connectivity index (χ2v) is 8.41. The molecule has 29 heavy (non-hydrogen) atoms. The van der Waals surface area contributed by atoms with Crippen LogP contribution in [0.1, 0.15) is 56.4 Å². The van der Waals surface area contributed by atoms with Gasteiger partial charge in [-0.25, -0.2) is 4.98 Å². The first-order valence-electron chi connectivity index (χ1n) is 10.9. The standard InChI is InChI=1S/C22H34FN3O3/c1-16(2)19(15-28-13-5-10-23)24-21(27)18-8-9-20(26-11-3-4-12-26)22(25-18)29-14-17-6-7-17/h8-9,16-17,19H,3-7,10-15H2,1-2H3,(H,24,27). The molecule has 2 heterocycles. The Bertz CT molecular complexity index is 661. The van der Waals surface area contributed by atoms with Gasteiger partial charge in [-0.2, -0.15) is 0 Å². The number of alkyl halides is 1. The molecule has 1 aliphatic carbocycles. The molecule has 1 atom stereocenters. The van der Waals surface area contributed by atoms with E-state index >= 15 is 0 Å². The van der Waals surface area contributed by atoms with E-state index in [1.807, 2.05) is 19.9 Å². The summed E-state index contributed by atoms with van der Waals surface area (Å²) in [5.41, 5.74) is 1.34. The number of aromatic nitrogens is 1. The third-order valence-electron chi connectivity index (χ3n) is 5.51. The van der Waals surface area contributed by atoms with Crippen LogP contribution in [-0.2, 0) is 4.74 Å². The number of anilines is 1. The first-order chi connectivity index (χ1) is 14.1. The average molecular weight is 408 g/mol. The van der Waals surface area contributed by atoms with Crippen molar-refractivity contribution >= 4 is 11.6 Å². The lowest BCUT2D eigenvalue weighted by molar-refractivity contribution is 0.0751. The molecule has 6 nitrogen and oxygen atoms in total. The Morgan fingerprint density at radius 1 is 1.31 bits per heavy atom. The van der Waals surface area contributed by atoms with Crippen molar-refractivity contribution in [3.8, 4) is 5.88 Å². The van der Waals surface area contributed by atoms with Gasteiger partial charge in [0.2, 0.25) is 5.88 Å². The summed E-state index contributed by atoms with van der Waals surface area (Å²) in [6.45, 7) is 7.04. The Labute approximate surface area is 173 Å². The molecule has 0 radical (unpaired) electrons. The van der Waals surface area contributed by atoms with E-state index in [4.69, 9.17) is 9.47 Å². The molecule has 3 rings (SSSR count). The van der Waals surface area contributed by atoms with Gasteiger partial charge in [-0.3, -0.25) is 9.18 Å². The van der Waals surface area contributed by atoms with E-state index < -0.39 is 6.67 Å². The first kappa shape index (κ1) is 21.8. The molecular weight excluding hydrogens is 373 g/mol. The zero-order valence-corrected chi connectivity index (χ0v) is 17.7. The molecule has 0 aromatic carbocycles. The molecule has 0 spiro atoms. The molecule has 1 aromatic heterocycles. The largest absolute Gasteiger partial charge is 0.476 e. The second-order valence-electron chi connectivity index (χ2n) is 8.41. The van der Waals surface area contributed by atoms with Crippen molar-refractivity contribution in [3.63, 3.8) is 0 Å². The summed E-state index contributed by atoms with van der Waals surface area (Å²) in [5, 5.41) is 3.01. The number of hydrogen-bond acceptors (Lipinski definition) is 5. The molecular formula is C22H34FN3O3. The molecule has 7 heteroatoms. The van der Waals surface area contributed by atoms with Gasteiger partial charge in [0.1, 0.15) is 5.69 Å². The molecule has 1 saturated carbocycles. The third kappa shape index (κ3) is 6.56. The summed E-state index contributed by atoms with van der Waals surface area (Å²) in [7, 11) is 0. The molecule has 1 unspecified atom stereocenters. The van der Waals surface area contributed by atoms with Crippen LogP contribution in [0.2, 0.25) is 0 Å². The van der Waals surface area contributed by atoms with Crippen molar-refractivity contribution in [2.45, 2.75) is 52.0 Å². The van der Waals surface area contributed by atoms with Gasteiger partial charge < -0.3 is 19.7 Å². The van der Waals surface area contributed by atoms with Crippen LogP contribution in [0.15, 0.2) is 12.1 Å². The molecule has 1 amide bonds. The minimum absolute atomic E-state index is 0.155. The monoisotopic (exact) mass is 407 g/mol. The predicted octanol–water partition coefficient (Wildman–Crippen LogP) is 3.60. The Kier molecular flexibility index (Phi) is 8.09. The first-order valence-corrected chi connectivity index (χ1v) is 10.9. The average Bonchev–Trinajstić information content (AvgIpc) is 3.39. The Morgan fingerprint density at radius 2 is 2.07 bits per heavy atom. The molecule has 2 fully saturated rings. The Hall–Kier alpha value is -1.89. The van der Waals surface area contributed by atoms with Crippen molar-refractivity contribution in [3.05, 3.63) is 17.8 Å². The highest BCUT2D eigenvalue weighted by Gasteiger charge is 2.25. The SMILES string of the molecule is CC(C)C(COCCCF)NC(=O)c1ccc(N2CCCC2)c(OCC2CC2)n1. The van der Waals surface area contributed by atoms with Crippen LogP contribution in [0.25, 0.3) is 0 Å². The van der Waals surface area contributed by atoms with E-state index in [0.717, 1.165) is 18.8 Å². The van der Waals surface area contributed by atoms with Gasteiger partial charge in [0.15, 0.2) is 0 Å². The fourth-order valence-corrected chi connectivity index (χ4v) is 3.36. The topological polar surface area (TPSA) is 63.7 Å². The number of nitrogens with one attached hydrogen (secondary N) is 1. The number of ether oxygens (including phenoxy) is 2. The van der Waals surface area contributed by atoms with Gasteiger partial charge in [0.05, 0.1) is 31.6 Å². The molecule has 162 valence electrons. The Morgan fingerprint density at radius 3 is 2.72 bits per heavy atom. The maximum absolute atomic E-state index is 12.8. The number of rotatable bonds is 12. The molecule has 1 saturated heterocycles. The van der Waals surface area contributed by atoms with Crippen LogP contribution >= 0.6 is 0 Å². The highest BCUT2D eigenvalue weighted by molar-refractivity contribution is 5.93. The number of pyridine rings is 1. The normalized spacial score (nSPS) is 17.6. The maximum atomic E-state index is 12.8. The summed E-state index contributed by atoms with van der Waals surface area (Å²) < 4.78 is 23.8. The van der Waals surface area contributed by atoms with Crippen molar-refractivity contribution in [1.29, 1.82) is 0 Å². The predicted molar refractivity (Wildman–Crippen MR) is 111 cm³/mol. The number of amides is 1. The molecule has 1 aromatic rings. The van der Waals surface area contributed by atoms with E-state index in [-0.39, 0.29) is 17.9 Å². The quantitative estimate of drug-likeness (QED) is 0.537. The fourth-order valence-electron chi connectivity index (χ4n) is 3.36. The van der Waals surface area contributed by atoms with Crippen LogP contribution in [0, 0.1) is 11.8 Å². The van der Waals surface area contributed by atoms with Gasteiger partial charge in [-0.1, -0.05) is 13.8 Å². The lowest BCUT2D eigenvalue weighted by atomic mass is 10.1. The highest BCUT2D eigenvalue weighted by atomic mass is 19.1. The van der Waals surface area contributed by atoms with Gasteiger partial charge >= 0.3 is 0 Å². The summed E-state index contributed by atoms with van der Waals surface area (Å²) in [5.74, 6) is 1.14. The van der Waals surface area contributed by atoms with E-state index in [2.05, 4.69) is 15.2 Å². The van der Waals surface area contributed by atoms with E-state index in [1.54, 1.807) is 6.07 Å². The minimum atomic E-state index is -0.393. The van der Waals surface area contributed by atoms with Crippen molar-refractivity contribution in [1.82, 2.24) is 10.3 Å². The fraction of sp³-hybridized carbons (Fsp3) is 0.727. The molecule has 1 N–H and O–H groups in total. The Balaban J connectivity index is 1.66. The van der Waals surface area contributed by atoms with Gasteiger partial charge in [-0.05, 0) is 56.1 Å². The third-order valence-corrected chi connectivity index (χ3v) is 5.51. The van der Waals surface area contributed by atoms with E-state index in [0.29, 0.717) is 43.7 Å². The van der Waals surface area contributed by atoms with Crippen molar-refractivity contribution in [2.24, 2.45) is 11.8 Å². The lowest BCUT2D eigenvalue weighted by Crippen LogP contribution is -2.42. The minimum Gasteiger partial charge on any atom is -0.476 e. The van der Waals surface area contributed by atoms with Crippen LogP contribution in [0.4, 0.5) is 10.1 Å². The smallest absolute Gasteiger partial charge is 0.270 e. The van der Waals surface area contributed by atoms with Gasteiger partial charge in [0.25, 0.3) is 5.91 Å². The van der Waals surface area contributed by atoms with Crippen molar-refractivity contribution < 1.29 is 18.7 Å². The summed E-state index contributed by atoms with van der Waals surface area (Å²) in [4.78, 5) is 19.7. The number of halogens is 1. The highest BCUT2D eigenvalue weighted by Crippen LogP contribution is 2.33. The number of hydrogen-bond donors (Lipinski definition) is 1. The summed E-state index contributed by atoms with van der Waals surface area (Å²) in [6.07, 6.45) is 5.13. The number of carbonyl (C=O) groups excluding carboxylic acids is 1. The molecule has 0 bridgehead atoms. The second kappa shape index (κ2) is 10.8. The number of nitrogens with zero attached hydrogens (tertiary/aromatic N) is 2. The maximum Gasteiger partial charge on any atom is 0.270 e. The summed E-state index contributed by atoms with van der Waals surface area (Å²) >= 11 is 0. The van der Waals surface area contributed by atoms with Crippen molar-refractivity contribution in [2.75, 3.05) is 44.5 Å². The lowest BCUT2D eigenvalue weighted by Gasteiger charge is -2.23. The zero-order chi connectivity index (χ0) is 20.6. The molecule has 1 aliphatic heterocycles. The van der Waals surface area contributed by atoms with Crippen LogP contribution in [-0.4, -0.2) is 56.5 Å². The van der Waals surface area contributed by atoms with Crippen LogP contribution in [0.5, 0.6) is 5.88 Å². The number of carbonyl (C=O) groups is 1. The van der Waals surface area contributed by atoms with Gasteiger partial charge in [0, 0.05) is 19.7 Å².